The number of hydrogen-bond donors (Lipinski definition) is 1. The van der Waals surface area contributed by atoms with E-state index in [4.69, 9.17) is 5.11 Å². The number of nitro groups is 3. The lowest BCUT2D eigenvalue weighted by molar-refractivity contribution is -0.424. The molecule has 0 spiro atoms. The number of carbonyl (C=O) groups is 1. The molecule has 0 fully saturated rings. The lowest BCUT2D eigenvalue weighted by atomic mass is 10.1. The van der Waals surface area contributed by atoms with Gasteiger partial charge in [-0.25, -0.2) is 4.79 Å². The number of carboxylic acid groups (broad SMARTS) is 1. The molecule has 0 aliphatic heterocycles. The van der Waals surface area contributed by atoms with Crippen LogP contribution in [0.3, 0.4) is 0 Å². The Morgan fingerprint density at radius 2 is 1.39 bits per heavy atom. The maximum absolute atomic E-state index is 10.8. The predicted octanol–water partition coefficient (Wildman–Crippen LogP) is 1.11. The number of benzene rings is 1. The highest BCUT2D eigenvalue weighted by Gasteiger charge is 2.38. The second kappa shape index (κ2) is 4.40. The zero-order chi connectivity index (χ0) is 14.0. The molecule has 0 aliphatic rings. The Kier molecular flexibility index (Phi) is 3.17. The molecule has 0 amide bonds. The standard InChI is InChI=1S/C7H3N3O8/c11-7(12)5-3(8(13)14)1-2-4(9(15)16)6(5)10(17)18/h1-2H,(H,11,12). The van der Waals surface area contributed by atoms with E-state index >= 15 is 0 Å². The first kappa shape index (κ1) is 13.0. The first-order valence-corrected chi connectivity index (χ1v) is 4.10. The Hall–Kier alpha value is -3.11. The molecule has 11 nitrogen and oxygen atoms in total. The van der Waals surface area contributed by atoms with Gasteiger partial charge in [0.25, 0.3) is 5.69 Å². The molecule has 11 heteroatoms. The third-order valence-electron chi connectivity index (χ3n) is 1.92. The Bertz CT molecular complexity index is 529. The zero-order valence-corrected chi connectivity index (χ0v) is 8.30. The highest BCUT2D eigenvalue weighted by atomic mass is 16.6. The van der Waals surface area contributed by atoms with E-state index < -0.39 is 43.4 Å². The van der Waals surface area contributed by atoms with E-state index in [-0.39, 0.29) is 0 Å². The molecule has 18 heavy (non-hydrogen) atoms. The van der Waals surface area contributed by atoms with Crippen molar-refractivity contribution < 1.29 is 24.7 Å². The monoisotopic (exact) mass is 257 g/mol. The second-order valence-corrected chi connectivity index (χ2v) is 2.90. The molecule has 0 aromatic heterocycles. The minimum atomic E-state index is -1.99. The maximum Gasteiger partial charge on any atom is 0.367 e. The van der Waals surface area contributed by atoms with Gasteiger partial charge in [0.1, 0.15) is 0 Å². The van der Waals surface area contributed by atoms with Gasteiger partial charge in [-0.05, 0) is 0 Å². The molecule has 0 unspecified atom stereocenters. The summed E-state index contributed by atoms with van der Waals surface area (Å²) in [5, 5.41) is 40.4. The van der Waals surface area contributed by atoms with Gasteiger partial charge >= 0.3 is 17.3 Å². The number of rotatable bonds is 4. The summed E-state index contributed by atoms with van der Waals surface area (Å²) in [6.45, 7) is 0. The Balaban J connectivity index is 3.82. The Labute approximate surface area is 96.7 Å². The highest BCUT2D eigenvalue weighted by molar-refractivity contribution is 5.99. The number of nitro benzene ring substituents is 3. The van der Waals surface area contributed by atoms with E-state index in [0.29, 0.717) is 12.1 Å². The van der Waals surface area contributed by atoms with Crippen LogP contribution in [-0.2, 0) is 0 Å². The fourth-order valence-corrected chi connectivity index (χ4v) is 1.26. The Morgan fingerprint density at radius 3 is 1.72 bits per heavy atom. The van der Waals surface area contributed by atoms with Crippen LogP contribution in [0.2, 0.25) is 0 Å². The first-order chi connectivity index (χ1) is 8.27. The van der Waals surface area contributed by atoms with Gasteiger partial charge in [-0.3, -0.25) is 30.3 Å². The summed E-state index contributed by atoms with van der Waals surface area (Å²) in [7, 11) is 0. The van der Waals surface area contributed by atoms with E-state index in [1.54, 1.807) is 0 Å². The van der Waals surface area contributed by atoms with Gasteiger partial charge in [0.05, 0.1) is 14.8 Å². The van der Waals surface area contributed by atoms with Crippen LogP contribution in [0.4, 0.5) is 17.1 Å². The molecular formula is C7H3N3O8. The summed E-state index contributed by atoms with van der Waals surface area (Å²) in [5.74, 6) is -1.99. The van der Waals surface area contributed by atoms with Crippen LogP contribution >= 0.6 is 0 Å². The summed E-state index contributed by atoms with van der Waals surface area (Å²) in [4.78, 5) is 38.8. The summed E-state index contributed by atoms with van der Waals surface area (Å²) in [6, 6.07) is 1.05. The number of nitrogens with zero attached hydrogens (tertiary/aromatic N) is 3. The average Bonchev–Trinajstić information content (AvgIpc) is 2.26. The van der Waals surface area contributed by atoms with Crippen LogP contribution in [0, 0.1) is 30.3 Å². The smallest absolute Gasteiger partial charge is 0.367 e. The molecule has 0 atom stereocenters. The van der Waals surface area contributed by atoms with Gasteiger partial charge in [0, 0.05) is 12.1 Å². The van der Waals surface area contributed by atoms with Crippen LogP contribution in [0.15, 0.2) is 12.1 Å². The van der Waals surface area contributed by atoms with Crippen LogP contribution < -0.4 is 0 Å². The van der Waals surface area contributed by atoms with Gasteiger partial charge < -0.3 is 5.11 Å². The van der Waals surface area contributed by atoms with E-state index in [1.165, 1.54) is 0 Å². The van der Waals surface area contributed by atoms with Gasteiger partial charge in [0.15, 0.2) is 0 Å². The van der Waals surface area contributed by atoms with Crippen molar-refractivity contribution in [1.82, 2.24) is 0 Å². The quantitative estimate of drug-likeness (QED) is 0.617. The van der Waals surface area contributed by atoms with Crippen molar-refractivity contribution in [3.05, 3.63) is 48.0 Å². The topological polar surface area (TPSA) is 167 Å². The van der Waals surface area contributed by atoms with Gasteiger partial charge in [-0.1, -0.05) is 0 Å². The molecule has 0 aliphatic carbocycles. The minimum absolute atomic E-state index is 0.517. The van der Waals surface area contributed by atoms with Crippen molar-refractivity contribution in [2.75, 3.05) is 0 Å². The molecule has 94 valence electrons. The summed E-state index contributed by atoms with van der Waals surface area (Å²) >= 11 is 0. The lowest BCUT2D eigenvalue weighted by Gasteiger charge is -2.00. The fourth-order valence-electron chi connectivity index (χ4n) is 1.26. The highest BCUT2D eigenvalue weighted by Crippen LogP contribution is 2.36. The number of hydrogen-bond acceptors (Lipinski definition) is 7. The van der Waals surface area contributed by atoms with Crippen LogP contribution in [-0.4, -0.2) is 25.8 Å². The third kappa shape index (κ3) is 2.04. The van der Waals surface area contributed by atoms with Gasteiger partial charge in [0.2, 0.25) is 5.56 Å². The van der Waals surface area contributed by atoms with Gasteiger partial charge in [-0.15, -0.1) is 0 Å². The predicted molar refractivity (Wildman–Crippen MR) is 53.4 cm³/mol. The van der Waals surface area contributed by atoms with E-state index in [2.05, 4.69) is 0 Å². The number of aromatic carboxylic acids is 1. The van der Waals surface area contributed by atoms with Crippen LogP contribution in [0.1, 0.15) is 10.4 Å². The number of carboxylic acids is 1. The Morgan fingerprint density at radius 1 is 0.944 bits per heavy atom. The maximum atomic E-state index is 10.8. The SMILES string of the molecule is O=C(O)c1c([N+](=O)[O-])ccc([N+](=O)[O-])c1[N+](=O)[O-]. The van der Waals surface area contributed by atoms with Crippen molar-refractivity contribution in [3.63, 3.8) is 0 Å². The molecular weight excluding hydrogens is 254 g/mol. The molecule has 1 N–H and O–H groups in total. The molecule has 0 bridgehead atoms. The van der Waals surface area contributed by atoms with Crippen molar-refractivity contribution in [1.29, 1.82) is 0 Å². The molecule has 0 heterocycles. The third-order valence-corrected chi connectivity index (χ3v) is 1.92. The first-order valence-electron chi connectivity index (χ1n) is 4.10. The largest absolute Gasteiger partial charge is 0.477 e. The summed E-state index contributed by atoms with van der Waals surface area (Å²) in [5.41, 5.74) is -4.94. The molecule has 1 aromatic carbocycles. The zero-order valence-electron chi connectivity index (χ0n) is 8.30. The molecule has 1 aromatic rings. The van der Waals surface area contributed by atoms with Crippen molar-refractivity contribution in [2.45, 2.75) is 0 Å². The van der Waals surface area contributed by atoms with E-state index in [0.717, 1.165) is 0 Å². The van der Waals surface area contributed by atoms with Crippen LogP contribution in [0.5, 0.6) is 0 Å². The van der Waals surface area contributed by atoms with Gasteiger partial charge in [-0.2, -0.15) is 0 Å². The second-order valence-electron chi connectivity index (χ2n) is 2.90. The average molecular weight is 257 g/mol. The van der Waals surface area contributed by atoms with E-state index in [9.17, 15) is 35.1 Å². The molecule has 0 radical (unpaired) electrons. The van der Waals surface area contributed by atoms with Crippen molar-refractivity contribution in [2.24, 2.45) is 0 Å². The fraction of sp³-hybridized carbons (Fsp3) is 0. The van der Waals surface area contributed by atoms with Crippen LogP contribution in [0.25, 0.3) is 0 Å². The van der Waals surface area contributed by atoms with Crippen molar-refractivity contribution in [3.8, 4) is 0 Å². The summed E-state index contributed by atoms with van der Waals surface area (Å²) < 4.78 is 0. The van der Waals surface area contributed by atoms with Crippen molar-refractivity contribution >= 4 is 23.0 Å². The lowest BCUT2D eigenvalue weighted by Crippen LogP contribution is -2.09. The summed E-state index contributed by atoms with van der Waals surface area (Å²) in [6.07, 6.45) is 0. The minimum Gasteiger partial charge on any atom is -0.477 e. The molecule has 1 rings (SSSR count). The molecule has 0 saturated heterocycles. The molecule has 0 saturated carbocycles. The normalized spacial score (nSPS) is 9.78. The van der Waals surface area contributed by atoms with E-state index in [1.807, 2.05) is 0 Å².